The summed E-state index contributed by atoms with van der Waals surface area (Å²) in [4.78, 5) is 9.38. The molecule has 6 heteroatoms. The Morgan fingerprint density at radius 1 is 1.44 bits per heavy atom. The van der Waals surface area contributed by atoms with Gasteiger partial charge in [0.2, 0.25) is 5.95 Å². The highest BCUT2D eigenvalue weighted by Crippen LogP contribution is 2.21. The fraction of sp³-hybridized carbons (Fsp3) is 0.600. The maximum Gasteiger partial charge on any atom is 0.222 e. The number of anilines is 1. The minimum Gasteiger partial charge on any atom is -0.389 e. The van der Waals surface area contributed by atoms with Crippen LogP contribution >= 0.6 is 11.8 Å². The average molecular weight is 240 g/mol. The third kappa shape index (κ3) is 2.45. The van der Waals surface area contributed by atoms with E-state index in [9.17, 15) is 5.11 Å². The Kier molecular flexibility index (Phi) is 3.63. The van der Waals surface area contributed by atoms with E-state index in [1.165, 1.54) is 0 Å². The molecular formula is C10H16N4OS. The van der Waals surface area contributed by atoms with Gasteiger partial charge in [-0.1, -0.05) is 0 Å². The zero-order valence-electron chi connectivity index (χ0n) is 9.13. The van der Waals surface area contributed by atoms with Crippen molar-refractivity contribution in [1.82, 2.24) is 9.97 Å². The van der Waals surface area contributed by atoms with Crippen LogP contribution in [-0.4, -0.2) is 39.5 Å². The third-order valence-electron chi connectivity index (χ3n) is 2.84. The van der Waals surface area contributed by atoms with Crippen LogP contribution in [-0.2, 0) is 0 Å². The quantitative estimate of drug-likeness (QED) is 0.666. The highest BCUT2D eigenvalue weighted by molar-refractivity contribution is 7.98. The second kappa shape index (κ2) is 4.99. The van der Waals surface area contributed by atoms with Crippen LogP contribution in [0.25, 0.3) is 0 Å². The number of nitrogens with one attached hydrogen (secondary N) is 1. The van der Waals surface area contributed by atoms with Crippen LogP contribution < -0.4 is 11.1 Å². The second-order valence-electron chi connectivity index (χ2n) is 3.93. The van der Waals surface area contributed by atoms with Crippen molar-refractivity contribution in [1.29, 1.82) is 0 Å². The van der Waals surface area contributed by atoms with Crippen LogP contribution in [0.5, 0.6) is 0 Å². The molecule has 5 nitrogen and oxygen atoms in total. The average Bonchev–Trinajstić information content (AvgIpc) is 2.62. The number of aromatic nitrogens is 2. The normalized spacial score (nSPS) is 29.3. The SMILES string of the molecule is CSc1cnc(N[C@H]2CC[C@H](N)[C@@H]2O)nc1. The molecule has 0 radical (unpaired) electrons. The lowest BCUT2D eigenvalue weighted by Crippen LogP contribution is -2.39. The zero-order valence-corrected chi connectivity index (χ0v) is 9.94. The summed E-state index contributed by atoms with van der Waals surface area (Å²) < 4.78 is 0. The Labute approximate surface area is 98.9 Å². The van der Waals surface area contributed by atoms with E-state index >= 15 is 0 Å². The maximum atomic E-state index is 9.77. The van der Waals surface area contributed by atoms with Gasteiger partial charge >= 0.3 is 0 Å². The van der Waals surface area contributed by atoms with Crippen molar-refractivity contribution in [2.45, 2.75) is 35.9 Å². The molecule has 0 aromatic carbocycles. The van der Waals surface area contributed by atoms with Crippen molar-refractivity contribution >= 4 is 17.7 Å². The van der Waals surface area contributed by atoms with E-state index < -0.39 is 6.10 Å². The van der Waals surface area contributed by atoms with Gasteiger partial charge in [-0.2, -0.15) is 0 Å². The summed E-state index contributed by atoms with van der Waals surface area (Å²) in [5.74, 6) is 0.552. The standard InChI is InChI=1S/C10H16N4OS/c1-16-6-4-12-10(13-5-6)14-8-3-2-7(11)9(8)15/h4-5,7-9,15H,2-3,11H2,1H3,(H,12,13,14)/t7-,8-,9-/m0/s1. The molecule has 88 valence electrons. The highest BCUT2D eigenvalue weighted by atomic mass is 32.2. The molecule has 1 fully saturated rings. The first-order valence-corrected chi connectivity index (χ1v) is 6.49. The number of rotatable bonds is 3. The molecule has 0 spiro atoms. The molecule has 1 aliphatic rings. The first-order valence-electron chi connectivity index (χ1n) is 5.27. The van der Waals surface area contributed by atoms with Crippen molar-refractivity contribution < 1.29 is 5.11 Å². The molecule has 0 aliphatic heterocycles. The van der Waals surface area contributed by atoms with E-state index in [0.29, 0.717) is 5.95 Å². The summed E-state index contributed by atoms with van der Waals surface area (Å²) in [5, 5.41) is 12.9. The molecule has 1 aromatic heterocycles. The van der Waals surface area contributed by atoms with E-state index in [1.54, 1.807) is 24.2 Å². The number of hydrogen-bond acceptors (Lipinski definition) is 6. The Balaban J connectivity index is 1.98. The van der Waals surface area contributed by atoms with Gasteiger partial charge < -0.3 is 16.2 Å². The van der Waals surface area contributed by atoms with Crippen LogP contribution in [0.15, 0.2) is 17.3 Å². The van der Waals surface area contributed by atoms with Crippen molar-refractivity contribution in [2.75, 3.05) is 11.6 Å². The lowest BCUT2D eigenvalue weighted by molar-refractivity contribution is 0.154. The van der Waals surface area contributed by atoms with Crippen LogP contribution in [0, 0.1) is 0 Å². The van der Waals surface area contributed by atoms with Gasteiger partial charge in [-0.15, -0.1) is 11.8 Å². The fourth-order valence-electron chi connectivity index (χ4n) is 1.83. The zero-order chi connectivity index (χ0) is 11.5. The highest BCUT2D eigenvalue weighted by Gasteiger charge is 2.32. The van der Waals surface area contributed by atoms with Crippen molar-refractivity contribution in [3.05, 3.63) is 12.4 Å². The number of aliphatic hydroxyl groups excluding tert-OH is 1. The molecule has 0 unspecified atom stereocenters. The molecule has 1 saturated carbocycles. The van der Waals surface area contributed by atoms with Crippen LogP contribution in [0.1, 0.15) is 12.8 Å². The van der Waals surface area contributed by atoms with Crippen molar-refractivity contribution in [2.24, 2.45) is 5.73 Å². The Hall–Kier alpha value is -0.850. The summed E-state index contributed by atoms with van der Waals surface area (Å²) in [6.45, 7) is 0. The number of nitrogens with two attached hydrogens (primary N) is 1. The molecule has 3 atom stereocenters. The number of hydrogen-bond donors (Lipinski definition) is 3. The molecule has 4 N–H and O–H groups in total. The maximum absolute atomic E-state index is 9.77. The second-order valence-corrected chi connectivity index (χ2v) is 4.81. The fourth-order valence-corrected chi connectivity index (χ4v) is 2.15. The van der Waals surface area contributed by atoms with Crippen LogP contribution in [0.3, 0.4) is 0 Å². The summed E-state index contributed by atoms with van der Waals surface area (Å²) in [5.41, 5.74) is 5.73. The van der Waals surface area contributed by atoms with Gasteiger partial charge in [0, 0.05) is 23.3 Å². The topological polar surface area (TPSA) is 84.1 Å². The van der Waals surface area contributed by atoms with E-state index in [4.69, 9.17) is 5.73 Å². The van der Waals surface area contributed by atoms with Crippen molar-refractivity contribution in [3.8, 4) is 0 Å². The van der Waals surface area contributed by atoms with Gasteiger partial charge in [0.25, 0.3) is 0 Å². The minimum atomic E-state index is -0.510. The molecular weight excluding hydrogens is 224 g/mol. The summed E-state index contributed by atoms with van der Waals surface area (Å²) in [7, 11) is 0. The van der Waals surface area contributed by atoms with E-state index in [1.807, 2.05) is 6.26 Å². The summed E-state index contributed by atoms with van der Waals surface area (Å²) in [6, 6.07) is -0.168. The molecule has 0 amide bonds. The Morgan fingerprint density at radius 2 is 2.12 bits per heavy atom. The predicted octanol–water partition coefficient (Wildman–Crippen LogP) is 0.461. The monoisotopic (exact) mass is 240 g/mol. The third-order valence-corrected chi connectivity index (χ3v) is 3.52. The van der Waals surface area contributed by atoms with Gasteiger partial charge in [-0.05, 0) is 19.1 Å². The van der Waals surface area contributed by atoms with Gasteiger partial charge in [-0.3, -0.25) is 0 Å². The predicted molar refractivity (Wildman–Crippen MR) is 64.4 cm³/mol. The van der Waals surface area contributed by atoms with Gasteiger partial charge in [-0.25, -0.2) is 9.97 Å². The number of thioether (sulfide) groups is 1. The molecule has 0 saturated heterocycles. The van der Waals surface area contributed by atoms with E-state index in [0.717, 1.165) is 17.7 Å². The molecule has 0 bridgehead atoms. The van der Waals surface area contributed by atoms with Crippen LogP contribution in [0.2, 0.25) is 0 Å². The molecule has 1 aliphatic carbocycles. The van der Waals surface area contributed by atoms with Crippen LogP contribution in [0.4, 0.5) is 5.95 Å². The summed E-state index contributed by atoms with van der Waals surface area (Å²) >= 11 is 1.60. The molecule has 2 rings (SSSR count). The molecule has 1 heterocycles. The van der Waals surface area contributed by atoms with Gasteiger partial charge in [0.05, 0.1) is 12.1 Å². The van der Waals surface area contributed by atoms with E-state index in [2.05, 4.69) is 15.3 Å². The lowest BCUT2D eigenvalue weighted by atomic mass is 10.2. The number of aliphatic hydroxyl groups is 1. The lowest BCUT2D eigenvalue weighted by Gasteiger charge is -2.18. The molecule has 16 heavy (non-hydrogen) atoms. The molecule has 1 aromatic rings. The first kappa shape index (κ1) is 11.6. The van der Waals surface area contributed by atoms with Gasteiger partial charge in [0.1, 0.15) is 0 Å². The smallest absolute Gasteiger partial charge is 0.222 e. The first-order chi connectivity index (χ1) is 7.70. The minimum absolute atomic E-state index is 0.0323. The Bertz CT molecular complexity index is 345. The number of nitrogens with zero attached hydrogens (tertiary/aromatic N) is 2. The Morgan fingerprint density at radius 3 is 2.62 bits per heavy atom. The van der Waals surface area contributed by atoms with E-state index in [-0.39, 0.29) is 12.1 Å². The van der Waals surface area contributed by atoms with Gasteiger partial charge in [0.15, 0.2) is 0 Å². The summed E-state index contributed by atoms with van der Waals surface area (Å²) in [6.07, 6.45) is 6.69. The largest absolute Gasteiger partial charge is 0.389 e. The van der Waals surface area contributed by atoms with Crippen molar-refractivity contribution in [3.63, 3.8) is 0 Å².